The van der Waals surface area contributed by atoms with Crippen LogP contribution in [0.25, 0.3) is 22.5 Å². The Bertz CT molecular complexity index is 861. The molecule has 0 amide bonds. The highest BCUT2D eigenvalue weighted by Crippen LogP contribution is 2.49. The molecular formula is C21H18O2. The van der Waals surface area contributed by atoms with E-state index in [1.165, 1.54) is 22.3 Å². The Labute approximate surface area is 135 Å². The average molecular weight is 302 g/mol. The van der Waals surface area contributed by atoms with Crippen LogP contribution in [0.4, 0.5) is 0 Å². The van der Waals surface area contributed by atoms with Crippen LogP contribution in [0.2, 0.25) is 0 Å². The molecule has 2 nitrogen and oxygen atoms in total. The highest BCUT2D eigenvalue weighted by molar-refractivity contribution is 5.85. The third-order valence-electron chi connectivity index (χ3n) is 4.98. The molecular weight excluding hydrogens is 284 g/mol. The molecule has 3 aromatic rings. The maximum atomic E-state index is 6.36. The summed E-state index contributed by atoms with van der Waals surface area (Å²) in [6, 6.07) is 19.0. The van der Waals surface area contributed by atoms with Gasteiger partial charge in [-0.15, -0.1) is 0 Å². The van der Waals surface area contributed by atoms with E-state index in [1.54, 1.807) is 0 Å². The molecule has 2 heteroatoms. The molecule has 0 bridgehead atoms. The fourth-order valence-electron chi connectivity index (χ4n) is 3.92. The predicted octanol–water partition coefficient (Wildman–Crippen LogP) is 5.52. The summed E-state index contributed by atoms with van der Waals surface area (Å²) in [5.41, 5.74) is 6.21. The molecule has 114 valence electrons. The van der Waals surface area contributed by atoms with Crippen LogP contribution in [0.5, 0.6) is 0 Å². The third kappa shape index (κ3) is 1.98. The van der Waals surface area contributed by atoms with Crippen molar-refractivity contribution in [2.75, 3.05) is 0 Å². The number of fused-ring (bicyclic) bond motifs is 2. The molecule has 0 saturated heterocycles. The number of ether oxygens (including phenoxy) is 1. The first-order valence-corrected chi connectivity index (χ1v) is 8.32. The topological polar surface area (TPSA) is 22.4 Å². The van der Waals surface area contributed by atoms with Gasteiger partial charge in [0.15, 0.2) is 0 Å². The van der Waals surface area contributed by atoms with E-state index in [-0.39, 0.29) is 6.10 Å². The lowest BCUT2D eigenvalue weighted by Gasteiger charge is -2.21. The van der Waals surface area contributed by atoms with Crippen molar-refractivity contribution in [2.45, 2.75) is 32.0 Å². The van der Waals surface area contributed by atoms with E-state index in [0.29, 0.717) is 6.61 Å². The Morgan fingerprint density at radius 2 is 1.74 bits per heavy atom. The van der Waals surface area contributed by atoms with Crippen molar-refractivity contribution in [2.24, 2.45) is 0 Å². The number of rotatable bonds is 1. The molecule has 0 fully saturated rings. The quantitative estimate of drug-likeness (QED) is 0.590. The van der Waals surface area contributed by atoms with Crippen molar-refractivity contribution >= 4 is 0 Å². The van der Waals surface area contributed by atoms with Gasteiger partial charge < -0.3 is 9.15 Å². The standard InChI is InChI=1S/C21H18O2/c1-2-7-14(8-3-1)21-19-16-10-5-4-9-15(16)13-22-17-11-6-12-18(23-21)20(17)19/h1-5,7-10,17H,6,11-13H2. The van der Waals surface area contributed by atoms with Crippen molar-refractivity contribution in [3.63, 3.8) is 0 Å². The smallest absolute Gasteiger partial charge is 0.142 e. The minimum atomic E-state index is 0.169. The zero-order valence-corrected chi connectivity index (χ0v) is 12.9. The number of benzene rings is 2. The summed E-state index contributed by atoms with van der Waals surface area (Å²) >= 11 is 0. The summed E-state index contributed by atoms with van der Waals surface area (Å²) < 4.78 is 12.6. The van der Waals surface area contributed by atoms with Gasteiger partial charge in [0.05, 0.1) is 12.7 Å². The maximum absolute atomic E-state index is 6.36. The fraction of sp³-hybridized carbons (Fsp3) is 0.238. The predicted molar refractivity (Wildman–Crippen MR) is 90.0 cm³/mol. The van der Waals surface area contributed by atoms with Crippen molar-refractivity contribution in [3.05, 3.63) is 71.5 Å². The summed E-state index contributed by atoms with van der Waals surface area (Å²) in [5.74, 6) is 2.12. The maximum Gasteiger partial charge on any atom is 0.142 e. The zero-order valence-electron chi connectivity index (χ0n) is 12.9. The van der Waals surface area contributed by atoms with Gasteiger partial charge in [0.2, 0.25) is 0 Å². The van der Waals surface area contributed by atoms with Gasteiger partial charge in [0, 0.05) is 23.1 Å². The summed E-state index contributed by atoms with van der Waals surface area (Å²) in [6.45, 7) is 0.684. The van der Waals surface area contributed by atoms with Crippen LogP contribution in [-0.4, -0.2) is 0 Å². The first kappa shape index (κ1) is 13.1. The molecule has 23 heavy (non-hydrogen) atoms. The van der Waals surface area contributed by atoms with E-state index in [2.05, 4.69) is 48.5 Å². The normalized spacial score (nSPS) is 18.9. The van der Waals surface area contributed by atoms with Crippen LogP contribution >= 0.6 is 0 Å². The van der Waals surface area contributed by atoms with Gasteiger partial charge >= 0.3 is 0 Å². The summed E-state index contributed by atoms with van der Waals surface area (Å²) in [5, 5.41) is 0. The Hall–Kier alpha value is -2.32. The van der Waals surface area contributed by atoms with Gasteiger partial charge in [-0.1, -0.05) is 54.6 Å². The van der Waals surface area contributed by atoms with E-state index in [0.717, 1.165) is 36.3 Å². The summed E-state index contributed by atoms with van der Waals surface area (Å²) in [7, 11) is 0. The average Bonchev–Trinajstić information content (AvgIpc) is 2.92. The Balaban J connectivity index is 1.84. The lowest BCUT2D eigenvalue weighted by atomic mass is 9.88. The first-order valence-electron chi connectivity index (χ1n) is 8.32. The Kier molecular flexibility index (Phi) is 2.92. The molecule has 0 spiro atoms. The van der Waals surface area contributed by atoms with E-state index in [1.807, 2.05) is 6.07 Å². The monoisotopic (exact) mass is 302 g/mol. The summed E-state index contributed by atoms with van der Waals surface area (Å²) in [4.78, 5) is 0. The minimum Gasteiger partial charge on any atom is -0.460 e. The van der Waals surface area contributed by atoms with Crippen LogP contribution in [0.15, 0.2) is 59.0 Å². The Morgan fingerprint density at radius 3 is 2.65 bits per heavy atom. The van der Waals surface area contributed by atoms with Crippen molar-refractivity contribution in [1.82, 2.24) is 0 Å². The molecule has 1 aliphatic carbocycles. The molecule has 0 radical (unpaired) electrons. The zero-order chi connectivity index (χ0) is 15.2. The van der Waals surface area contributed by atoms with E-state index in [9.17, 15) is 0 Å². The number of furan rings is 1. The molecule has 1 unspecified atom stereocenters. The van der Waals surface area contributed by atoms with Crippen LogP contribution in [0.1, 0.15) is 35.8 Å². The van der Waals surface area contributed by atoms with Crippen LogP contribution in [0.3, 0.4) is 0 Å². The van der Waals surface area contributed by atoms with Crippen LogP contribution < -0.4 is 0 Å². The van der Waals surface area contributed by atoms with Gasteiger partial charge in [0.25, 0.3) is 0 Å². The van der Waals surface area contributed by atoms with E-state index < -0.39 is 0 Å². The minimum absolute atomic E-state index is 0.169. The largest absolute Gasteiger partial charge is 0.460 e. The van der Waals surface area contributed by atoms with Gasteiger partial charge in [0.1, 0.15) is 11.5 Å². The second-order valence-electron chi connectivity index (χ2n) is 6.36. The van der Waals surface area contributed by atoms with Gasteiger partial charge in [-0.3, -0.25) is 0 Å². The lowest BCUT2D eigenvalue weighted by Crippen LogP contribution is -2.10. The molecule has 1 aromatic heterocycles. The molecule has 2 aliphatic rings. The second-order valence-corrected chi connectivity index (χ2v) is 6.36. The first-order chi connectivity index (χ1) is 11.4. The molecule has 1 aliphatic heterocycles. The van der Waals surface area contributed by atoms with Crippen molar-refractivity contribution in [3.8, 4) is 22.5 Å². The van der Waals surface area contributed by atoms with Gasteiger partial charge in [-0.2, -0.15) is 0 Å². The molecule has 5 rings (SSSR count). The van der Waals surface area contributed by atoms with E-state index >= 15 is 0 Å². The molecule has 2 aromatic carbocycles. The number of aryl methyl sites for hydroxylation is 1. The van der Waals surface area contributed by atoms with Crippen LogP contribution in [0, 0.1) is 0 Å². The molecule has 1 atom stereocenters. The third-order valence-corrected chi connectivity index (χ3v) is 4.98. The van der Waals surface area contributed by atoms with Gasteiger partial charge in [-0.05, 0) is 24.0 Å². The SMILES string of the molecule is c1ccc(-c2oc3c4c2-c2ccccc2COC4CCC3)cc1. The second kappa shape index (κ2) is 5.10. The highest BCUT2D eigenvalue weighted by Gasteiger charge is 2.34. The van der Waals surface area contributed by atoms with E-state index in [4.69, 9.17) is 9.15 Å². The number of hydrogen-bond donors (Lipinski definition) is 0. The highest BCUT2D eigenvalue weighted by atomic mass is 16.5. The number of hydrogen-bond acceptors (Lipinski definition) is 2. The van der Waals surface area contributed by atoms with Gasteiger partial charge in [-0.25, -0.2) is 0 Å². The van der Waals surface area contributed by atoms with Crippen molar-refractivity contribution < 1.29 is 9.15 Å². The molecule has 0 saturated carbocycles. The lowest BCUT2D eigenvalue weighted by molar-refractivity contribution is 0.0290. The van der Waals surface area contributed by atoms with Crippen LogP contribution in [-0.2, 0) is 17.8 Å². The van der Waals surface area contributed by atoms with Crippen molar-refractivity contribution in [1.29, 1.82) is 0 Å². The fourth-order valence-corrected chi connectivity index (χ4v) is 3.92. The Morgan fingerprint density at radius 1 is 0.913 bits per heavy atom. The molecule has 2 heterocycles. The molecule has 0 N–H and O–H groups in total. The summed E-state index contributed by atoms with van der Waals surface area (Å²) in [6.07, 6.45) is 3.40.